The van der Waals surface area contributed by atoms with Crippen molar-refractivity contribution >= 4 is 11.8 Å². The fourth-order valence-electron chi connectivity index (χ4n) is 3.50. The molecule has 1 atom stereocenters. The van der Waals surface area contributed by atoms with E-state index < -0.39 is 5.60 Å². The van der Waals surface area contributed by atoms with Crippen LogP contribution in [-0.2, 0) is 17.6 Å². The second kappa shape index (κ2) is 6.52. The highest BCUT2D eigenvalue weighted by molar-refractivity contribution is 5.89. The normalized spacial score (nSPS) is 21.2. The molecule has 0 bridgehead atoms. The Kier molecular flexibility index (Phi) is 4.62. The van der Waals surface area contributed by atoms with Crippen LogP contribution in [0.2, 0.25) is 0 Å². The van der Waals surface area contributed by atoms with Crippen molar-refractivity contribution in [3.05, 3.63) is 29.3 Å². The number of rotatable bonds is 2. The Hall–Kier alpha value is -1.55. The minimum atomic E-state index is -0.456. The number of fused-ring (bicyclic) bond motifs is 1. The molecule has 1 aromatic carbocycles. The number of ether oxygens (including phenoxy) is 1. The molecule has 1 saturated heterocycles. The van der Waals surface area contributed by atoms with Crippen LogP contribution >= 0.6 is 0 Å². The number of amides is 1. The summed E-state index contributed by atoms with van der Waals surface area (Å²) in [7, 11) is 0. The summed E-state index contributed by atoms with van der Waals surface area (Å²) in [4.78, 5) is 14.2. The average molecular weight is 316 g/mol. The Balaban J connectivity index is 1.75. The first-order valence-electron chi connectivity index (χ1n) is 8.78. The Bertz CT molecular complexity index is 571. The van der Waals surface area contributed by atoms with Gasteiger partial charge in [-0.1, -0.05) is 12.1 Å². The van der Waals surface area contributed by atoms with Crippen molar-refractivity contribution in [1.29, 1.82) is 0 Å². The lowest BCUT2D eigenvalue weighted by Gasteiger charge is -2.32. The van der Waals surface area contributed by atoms with Gasteiger partial charge < -0.3 is 10.1 Å². The Morgan fingerprint density at radius 1 is 1.35 bits per heavy atom. The van der Waals surface area contributed by atoms with E-state index in [1.54, 1.807) is 4.90 Å². The number of hydrogen-bond acceptors (Lipinski definition) is 3. The molecule has 126 valence electrons. The Labute approximate surface area is 139 Å². The first-order valence-corrected chi connectivity index (χ1v) is 8.78. The molecule has 2 aliphatic rings. The molecule has 0 radical (unpaired) electrons. The summed E-state index contributed by atoms with van der Waals surface area (Å²) in [6.45, 7) is 7.61. The van der Waals surface area contributed by atoms with Crippen LogP contribution in [-0.4, -0.2) is 30.8 Å². The van der Waals surface area contributed by atoms with Crippen molar-refractivity contribution < 1.29 is 9.53 Å². The van der Waals surface area contributed by atoms with E-state index in [9.17, 15) is 4.79 Å². The smallest absolute Gasteiger partial charge is 0.414 e. The fraction of sp³-hybridized carbons (Fsp3) is 0.632. The maximum Gasteiger partial charge on any atom is 0.414 e. The van der Waals surface area contributed by atoms with Crippen molar-refractivity contribution in [1.82, 2.24) is 5.32 Å². The molecular formula is C19H28N2O2. The number of aryl methyl sites for hydroxylation is 1. The zero-order valence-corrected chi connectivity index (χ0v) is 14.5. The maximum atomic E-state index is 12.4. The third kappa shape index (κ3) is 4.05. The molecule has 0 spiro atoms. The number of nitrogens with zero attached hydrogens (tertiary/aromatic N) is 1. The van der Waals surface area contributed by atoms with E-state index in [-0.39, 0.29) is 6.09 Å². The largest absolute Gasteiger partial charge is 0.443 e. The van der Waals surface area contributed by atoms with E-state index in [4.69, 9.17) is 4.74 Å². The van der Waals surface area contributed by atoms with Crippen LogP contribution in [0.15, 0.2) is 18.2 Å². The van der Waals surface area contributed by atoms with E-state index in [0.717, 1.165) is 38.0 Å². The van der Waals surface area contributed by atoms with Crippen LogP contribution in [0.1, 0.15) is 51.2 Å². The highest BCUT2D eigenvalue weighted by atomic mass is 16.6. The van der Waals surface area contributed by atoms with Gasteiger partial charge in [-0.2, -0.15) is 0 Å². The second-order valence-corrected chi connectivity index (χ2v) is 7.70. The van der Waals surface area contributed by atoms with Gasteiger partial charge in [-0.05, 0) is 76.6 Å². The number of carbonyl (C=O) groups is 1. The van der Waals surface area contributed by atoms with E-state index in [1.807, 2.05) is 20.8 Å². The first kappa shape index (κ1) is 16.3. The minimum Gasteiger partial charge on any atom is -0.443 e. The third-order valence-electron chi connectivity index (χ3n) is 4.52. The number of hydrogen-bond donors (Lipinski definition) is 1. The molecule has 3 rings (SSSR count). The molecular weight excluding hydrogens is 288 g/mol. The molecule has 0 aliphatic carbocycles. The molecule has 4 heteroatoms. The summed E-state index contributed by atoms with van der Waals surface area (Å²) in [5.41, 5.74) is 3.21. The zero-order chi connectivity index (χ0) is 16.4. The van der Waals surface area contributed by atoms with Gasteiger partial charge in [-0.25, -0.2) is 4.79 Å². The monoisotopic (exact) mass is 316 g/mol. The first-order chi connectivity index (χ1) is 10.9. The van der Waals surface area contributed by atoms with Crippen LogP contribution < -0.4 is 10.2 Å². The highest BCUT2D eigenvalue weighted by Gasteiger charge is 2.27. The average Bonchev–Trinajstić information content (AvgIpc) is 2.97. The van der Waals surface area contributed by atoms with Gasteiger partial charge >= 0.3 is 6.09 Å². The van der Waals surface area contributed by atoms with Crippen molar-refractivity contribution in [3.63, 3.8) is 0 Å². The van der Waals surface area contributed by atoms with Crippen molar-refractivity contribution in [2.75, 3.05) is 18.0 Å². The molecule has 23 heavy (non-hydrogen) atoms. The van der Waals surface area contributed by atoms with Gasteiger partial charge in [0.15, 0.2) is 0 Å². The van der Waals surface area contributed by atoms with Gasteiger partial charge in [0.2, 0.25) is 0 Å². The van der Waals surface area contributed by atoms with Gasteiger partial charge in [-0.15, -0.1) is 0 Å². The van der Waals surface area contributed by atoms with Crippen LogP contribution in [0.5, 0.6) is 0 Å². The third-order valence-corrected chi connectivity index (χ3v) is 4.52. The molecule has 0 aromatic heterocycles. The molecule has 4 nitrogen and oxygen atoms in total. The summed E-state index contributed by atoms with van der Waals surface area (Å²) in [5.74, 6) is 0. The molecule has 1 fully saturated rings. The standard InChI is InChI=1S/C19H28N2O2/c1-19(2,3)23-18(22)21-11-5-6-15-12-14(8-9-17(15)21)13-16-7-4-10-20-16/h8-9,12,16,20H,4-7,10-11,13H2,1-3H3. The highest BCUT2D eigenvalue weighted by Crippen LogP contribution is 2.30. The molecule has 2 heterocycles. The summed E-state index contributed by atoms with van der Waals surface area (Å²) >= 11 is 0. The number of anilines is 1. The SMILES string of the molecule is CC(C)(C)OC(=O)N1CCCc2cc(CC3CCCN3)ccc21. The van der Waals surface area contributed by atoms with E-state index in [1.165, 1.54) is 24.0 Å². The fourth-order valence-corrected chi connectivity index (χ4v) is 3.50. The lowest BCUT2D eigenvalue weighted by Crippen LogP contribution is -2.39. The molecule has 2 aliphatic heterocycles. The van der Waals surface area contributed by atoms with Crippen molar-refractivity contribution in [2.45, 2.75) is 64.5 Å². The lowest BCUT2D eigenvalue weighted by atomic mass is 9.96. The number of benzene rings is 1. The Morgan fingerprint density at radius 2 is 2.17 bits per heavy atom. The molecule has 1 unspecified atom stereocenters. The van der Waals surface area contributed by atoms with Crippen molar-refractivity contribution in [3.8, 4) is 0 Å². The van der Waals surface area contributed by atoms with Gasteiger partial charge in [0, 0.05) is 12.6 Å². The number of nitrogens with one attached hydrogen (secondary N) is 1. The van der Waals surface area contributed by atoms with Gasteiger partial charge in [0.25, 0.3) is 0 Å². The summed E-state index contributed by atoms with van der Waals surface area (Å²) in [6.07, 6.45) is 5.43. The second-order valence-electron chi connectivity index (χ2n) is 7.70. The van der Waals surface area contributed by atoms with Gasteiger partial charge in [0.05, 0.1) is 5.69 Å². The lowest BCUT2D eigenvalue weighted by molar-refractivity contribution is 0.0578. The van der Waals surface area contributed by atoms with Crippen LogP contribution in [0, 0.1) is 0 Å². The maximum absolute atomic E-state index is 12.4. The summed E-state index contributed by atoms with van der Waals surface area (Å²) in [6, 6.07) is 7.16. The quantitative estimate of drug-likeness (QED) is 0.905. The molecule has 1 amide bonds. The Morgan fingerprint density at radius 3 is 2.87 bits per heavy atom. The van der Waals surface area contributed by atoms with Crippen LogP contribution in [0.25, 0.3) is 0 Å². The van der Waals surface area contributed by atoms with Crippen LogP contribution in [0.3, 0.4) is 0 Å². The zero-order valence-electron chi connectivity index (χ0n) is 14.5. The predicted octanol–water partition coefficient (Wildman–Crippen LogP) is 3.67. The van der Waals surface area contributed by atoms with Crippen LogP contribution in [0.4, 0.5) is 10.5 Å². The topological polar surface area (TPSA) is 41.6 Å². The minimum absolute atomic E-state index is 0.233. The summed E-state index contributed by atoms with van der Waals surface area (Å²) < 4.78 is 5.55. The van der Waals surface area contributed by atoms with Gasteiger partial charge in [-0.3, -0.25) is 4.90 Å². The summed E-state index contributed by atoms with van der Waals surface area (Å²) in [5, 5.41) is 3.55. The molecule has 1 N–H and O–H groups in total. The van der Waals surface area contributed by atoms with E-state index in [0.29, 0.717) is 6.04 Å². The van der Waals surface area contributed by atoms with Gasteiger partial charge in [0.1, 0.15) is 5.60 Å². The molecule has 0 saturated carbocycles. The molecule has 1 aromatic rings. The number of carbonyl (C=O) groups excluding carboxylic acids is 1. The predicted molar refractivity (Wildman–Crippen MR) is 93.1 cm³/mol. The van der Waals surface area contributed by atoms with E-state index in [2.05, 4.69) is 23.5 Å². The van der Waals surface area contributed by atoms with E-state index >= 15 is 0 Å². The van der Waals surface area contributed by atoms with Crippen molar-refractivity contribution in [2.24, 2.45) is 0 Å².